The maximum atomic E-state index is 14.0. The lowest BCUT2D eigenvalue weighted by Gasteiger charge is -2.34. The number of rotatable bonds is 12. The van der Waals surface area contributed by atoms with E-state index < -0.39 is 18.2 Å². The van der Waals surface area contributed by atoms with Crippen LogP contribution in [0, 0.1) is 0 Å². The predicted octanol–water partition coefficient (Wildman–Crippen LogP) is 6.45. The zero-order valence-corrected chi connectivity index (χ0v) is 38.2. The number of imidazole rings is 2. The molecule has 3 fully saturated rings. The standard InChI is InChI=1S/C46H46N10O8.CH4.2H2S/c1-62-46(61)52-41(29-13-7-4-8-14-29)45(60)54-22-10-16-37(54)43-49-33-20-18-31(24-35(33)51-43)56-26-38(57)55(25-39(56)58)30-17-19-32-34(23-30)50-42(48-32)36-15-9-21-53(36)44(59)40(47-27-64-63-2)28-11-5-3-6-12-28;;;/h3-8,11-14,17-20,23-24,27,36-37,40-41H,9-10,15-16,21-22,25-26H2,1-2H3,(H,48,50)(H,49,51)(H,52,61);1H4;2*1H2/t36-,37-,40+,41-;;;/m0.../s1. The van der Waals surface area contributed by atoms with Crippen molar-refractivity contribution in [3.8, 4) is 0 Å². The highest BCUT2D eigenvalue weighted by Crippen LogP contribution is 2.37. The molecule has 0 aliphatic carbocycles. The average molecular weight is 951 g/mol. The average Bonchev–Trinajstić information content (AvgIpc) is 4.16. The van der Waals surface area contributed by atoms with Gasteiger partial charge < -0.3 is 44.5 Å². The summed E-state index contributed by atoms with van der Waals surface area (Å²) in [7, 11) is 2.61. The quantitative estimate of drug-likeness (QED) is 0.0529. The first kappa shape index (κ1) is 49.5. The fourth-order valence-electron chi connectivity index (χ4n) is 8.89. The van der Waals surface area contributed by atoms with Gasteiger partial charge in [-0.25, -0.2) is 19.8 Å². The Morgan fingerprint density at radius 1 is 0.716 bits per heavy atom. The molecule has 4 aromatic carbocycles. The SMILES string of the molecule is C.COOC=N[C@@H](C(=O)N1CCC[C@H]1c1nc2ccc(N3CC(=O)N(c4ccc5nc([C@@H]6CCCN6C(=O)[C@@H](NC(=O)OC)c6ccccc6)[nH]c5c4)CC3=O)cc2[nH]1)c1ccccc1.S.S. The van der Waals surface area contributed by atoms with Crippen LogP contribution >= 0.6 is 27.0 Å². The van der Waals surface area contributed by atoms with Gasteiger partial charge in [0.2, 0.25) is 18.2 Å². The Morgan fingerprint density at radius 2 is 1.21 bits per heavy atom. The van der Waals surface area contributed by atoms with Crippen LogP contribution in [0.3, 0.4) is 0 Å². The van der Waals surface area contributed by atoms with Crippen LogP contribution in [0.2, 0.25) is 0 Å². The van der Waals surface area contributed by atoms with E-state index in [1.54, 1.807) is 70.5 Å². The van der Waals surface area contributed by atoms with Crippen LogP contribution in [0.4, 0.5) is 16.2 Å². The maximum Gasteiger partial charge on any atom is 0.407 e. The van der Waals surface area contributed by atoms with Gasteiger partial charge in [0.15, 0.2) is 6.04 Å². The third kappa shape index (κ3) is 10.1. The number of alkyl carbamates (subject to hydrolysis) is 1. The molecule has 0 bridgehead atoms. The summed E-state index contributed by atoms with van der Waals surface area (Å²) in [4.78, 5) is 105. The molecule has 0 radical (unpaired) electrons. The number of benzene rings is 4. The van der Waals surface area contributed by atoms with Gasteiger partial charge >= 0.3 is 6.09 Å². The van der Waals surface area contributed by atoms with Crippen LogP contribution < -0.4 is 15.1 Å². The maximum absolute atomic E-state index is 14.0. The van der Waals surface area contributed by atoms with Gasteiger partial charge in [-0.2, -0.15) is 31.9 Å². The Morgan fingerprint density at radius 3 is 1.70 bits per heavy atom. The summed E-state index contributed by atoms with van der Waals surface area (Å²) in [6.45, 7) is 0.637. The van der Waals surface area contributed by atoms with E-state index in [9.17, 15) is 24.0 Å². The molecule has 0 saturated carbocycles. The van der Waals surface area contributed by atoms with E-state index in [0.29, 0.717) is 82.1 Å². The Hall–Kier alpha value is -6.90. The van der Waals surface area contributed by atoms with E-state index in [0.717, 1.165) is 19.2 Å². The molecule has 2 aromatic heterocycles. The highest BCUT2D eigenvalue weighted by Gasteiger charge is 2.39. The Labute approximate surface area is 400 Å². The van der Waals surface area contributed by atoms with Crippen molar-refractivity contribution >= 4 is 96.6 Å². The molecule has 67 heavy (non-hydrogen) atoms. The van der Waals surface area contributed by atoms with E-state index in [1.807, 2.05) is 36.4 Å². The molecular weight excluding hydrogens is 897 g/mol. The lowest BCUT2D eigenvalue weighted by atomic mass is 10.1. The van der Waals surface area contributed by atoms with Crippen molar-refractivity contribution in [1.29, 1.82) is 0 Å². The largest absolute Gasteiger partial charge is 0.453 e. The summed E-state index contributed by atoms with van der Waals surface area (Å²) in [5.74, 6) is 0.180. The number of methoxy groups -OCH3 is 1. The second-order valence-electron chi connectivity index (χ2n) is 15.8. The molecule has 3 N–H and O–H groups in total. The highest BCUT2D eigenvalue weighted by atomic mass is 32.1. The summed E-state index contributed by atoms with van der Waals surface area (Å²) in [5, 5.41) is 2.68. The number of likely N-dealkylation sites (tertiary alicyclic amines) is 2. The normalized spacial score (nSPS) is 18.1. The lowest BCUT2D eigenvalue weighted by molar-refractivity contribution is -0.188. The van der Waals surface area contributed by atoms with Crippen LogP contribution in [-0.2, 0) is 33.7 Å². The second kappa shape index (κ2) is 21.6. The van der Waals surface area contributed by atoms with Crippen molar-refractivity contribution in [3.63, 3.8) is 0 Å². The van der Waals surface area contributed by atoms with Crippen molar-refractivity contribution in [2.75, 3.05) is 50.2 Å². The molecule has 3 aliphatic rings. The molecule has 3 saturated heterocycles. The summed E-state index contributed by atoms with van der Waals surface area (Å²) in [6.07, 6.45) is 3.29. The van der Waals surface area contributed by atoms with E-state index in [4.69, 9.17) is 19.6 Å². The van der Waals surface area contributed by atoms with Gasteiger partial charge in [0, 0.05) is 24.5 Å². The first-order valence-corrected chi connectivity index (χ1v) is 21.1. The van der Waals surface area contributed by atoms with E-state index >= 15 is 0 Å². The summed E-state index contributed by atoms with van der Waals surface area (Å²) < 4.78 is 4.82. The number of hydrogen-bond acceptors (Lipinski definition) is 11. The van der Waals surface area contributed by atoms with Gasteiger partial charge in [-0.3, -0.25) is 19.2 Å². The summed E-state index contributed by atoms with van der Waals surface area (Å²) in [5.41, 5.74) is 5.02. The van der Waals surface area contributed by atoms with Gasteiger partial charge in [-0.05, 0) is 73.2 Å². The first-order valence-electron chi connectivity index (χ1n) is 21.1. The third-order valence-corrected chi connectivity index (χ3v) is 12.0. The van der Waals surface area contributed by atoms with E-state index in [1.165, 1.54) is 24.0 Å². The molecule has 4 atom stereocenters. The number of carbonyl (C=O) groups excluding carboxylic acids is 5. The summed E-state index contributed by atoms with van der Waals surface area (Å²) in [6, 6.07) is 26.5. The number of anilines is 2. The van der Waals surface area contributed by atoms with Crippen LogP contribution in [0.5, 0.6) is 0 Å². The summed E-state index contributed by atoms with van der Waals surface area (Å²) >= 11 is 0. The lowest BCUT2D eigenvalue weighted by Crippen LogP contribution is -2.54. The number of nitrogens with one attached hydrogen (secondary N) is 3. The van der Waals surface area contributed by atoms with Gasteiger partial charge in [-0.1, -0.05) is 68.1 Å². The number of amides is 5. The molecular formula is C47H54N10O8S2. The number of aromatic nitrogens is 4. The topological polar surface area (TPSA) is 208 Å². The zero-order chi connectivity index (χ0) is 44.3. The number of aromatic amines is 2. The molecule has 5 amide bonds. The van der Waals surface area contributed by atoms with E-state index in [-0.39, 0.29) is 83.2 Å². The minimum Gasteiger partial charge on any atom is -0.453 e. The minimum absolute atomic E-state index is 0. The number of piperazine rings is 1. The van der Waals surface area contributed by atoms with Crippen LogP contribution in [0.15, 0.2) is 102 Å². The minimum atomic E-state index is -0.950. The van der Waals surface area contributed by atoms with Crippen molar-refractivity contribution in [1.82, 2.24) is 35.1 Å². The van der Waals surface area contributed by atoms with Crippen molar-refractivity contribution < 1.29 is 38.5 Å². The Bertz CT molecular complexity index is 2750. The number of ether oxygens (including phenoxy) is 1. The molecule has 3 aliphatic heterocycles. The van der Waals surface area contributed by atoms with Crippen molar-refractivity contribution in [3.05, 3.63) is 120 Å². The molecule has 0 unspecified atom stereocenters. The van der Waals surface area contributed by atoms with Crippen LogP contribution in [0.1, 0.15) is 80.1 Å². The molecule has 18 nitrogen and oxygen atoms in total. The molecule has 6 aromatic rings. The number of nitrogens with zero attached hydrogens (tertiary/aromatic N) is 7. The smallest absolute Gasteiger partial charge is 0.407 e. The van der Waals surface area contributed by atoms with Crippen LogP contribution in [-0.4, -0.2) is 106 Å². The second-order valence-corrected chi connectivity index (χ2v) is 15.8. The number of H-pyrrole nitrogens is 2. The van der Waals surface area contributed by atoms with Gasteiger partial charge in [0.05, 0.1) is 48.4 Å². The number of aliphatic imine (C=N–C) groups is 1. The molecule has 20 heteroatoms. The number of fused-ring (bicyclic) bond motifs is 2. The van der Waals surface area contributed by atoms with Gasteiger partial charge in [-0.15, -0.1) is 0 Å². The Balaban J connectivity index is 0.00000247. The molecule has 0 spiro atoms. The Kier molecular flexibility index (Phi) is 16.0. The molecule has 352 valence electrons. The molecule has 5 heterocycles. The van der Waals surface area contributed by atoms with Crippen LogP contribution in [0.25, 0.3) is 22.1 Å². The van der Waals surface area contributed by atoms with Gasteiger partial charge in [0.1, 0.15) is 30.8 Å². The fourth-order valence-corrected chi connectivity index (χ4v) is 8.89. The van der Waals surface area contributed by atoms with E-state index in [2.05, 4.69) is 25.2 Å². The van der Waals surface area contributed by atoms with Crippen molar-refractivity contribution in [2.24, 2.45) is 4.99 Å². The monoisotopic (exact) mass is 950 g/mol. The number of hydrogen-bond donors (Lipinski definition) is 3. The fraction of sp³-hybridized carbons (Fsp3) is 0.319. The molecule has 9 rings (SSSR count). The number of carbonyl (C=O) groups is 5. The van der Waals surface area contributed by atoms with Gasteiger partial charge in [0.25, 0.3) is 11.8 Å². The zero-order valence-electron chi connectivity index (χ0n) is 36.2. The highest BCUT2D eigenvalue weighted by molar-refractivity contribution is 7.59. The first-order chi connectivity index (χ1) is 31.2. The third-order valence-electron chi connectivity index (χ3n) is 12.0. The predicted molar refractivity (Wildman–Crippen MR) is 262 cm³/mol. The van der Waals surface area contributed by atoms with Crippen molar-refractivity contribution in [2.45, 2.75) is 57.3 Å².